The number of hydrogen-bond donors (Lipinski definition) is 2. The number of carbonyl (C=O) groups is 1. The highest BCUT2D eigenvalue weighted by molar-refractivity contribution is 5.78. The number of amides is 1. The van der Waals surface area contributed by atoms with Crippen LogP contribution >= 0.6 is 0 Å². The number of methoxy groups -OCH3 is 1. The third kappa shape index (κ3) is 3.10. The van der Waals surface area contributed by atoms with Gasteiger partial charge in [0, 0.05) is 24.0 Å². The van der Waals surface area contributed by atoms with Gasteiger partial charge in [-0.1, -0.05) is 18.2 Å². The van der Waals surface area contributed by atoms with Gasteiger partial charge in [0.05, 0.1) is 19.9 Å². The Kier molecular flexibility index (Phi) is 3.96. The first-order valence-corrected chi connectivity index (χ1v) is 5.65. The van der Waals surface area contributed by atoms with Crippen molar-refractivity contribution in [2.45, 2.75) is 13.0 Å². The number of aromatic amines is 1. The largest absolute Gasteiger partial charge is 0.496 e. The quantitative estimate of drug-likeness (QED) is 0.833. The minimum atomic E-state index is -0.0508. The molecule has 2 N–H and O–H groups in total. The predicted octanol–water partition coefficient (Wildman–Crippen LogP) is 1.28. The van der Waals surface area contributed by atoms with Crippen molar-refractivity contribution < 1.29 is 9.53 Å². The number of para-hydroxylation sites is 1. The minimum absolute atomic E-state index is 0.0508. The average Bonchev–Trinajstić information content (AvgIpc) is 2.89. The summed E-state index contributed by atoms with van der Waals surface area (Å²) in [5.41, 5.74) is 1.76. The summed E-state index contributed by atoms with van der Waals surface area (Å²) in [6.45, 7) is 0.455. The Morgan fingerprint density at radius 2 is 2.28 bits per heavy atom. The van der Waals surface area contributed by atoms with Crippen molar-refractivity contribution in [3.05, 3.63) is 48.0 Å². The Balaban J connectivity index is 1.89. The van der Waals surface area contributed by atoms with Gasteiger partial charge in [0.25, 0.3) is 0 Å². The third-order valence-electron chi connectivity index (χ3n) is 2.57. The van der Waals surface area contributed by atoms with Gasteiger partial charge in [-0.3, -0.25) is 4.79 Å². The SMILES string of the molecule is COc1ccccc1CNC(=O)Cc1cnc[nH]1. The first-order valence-electron chi connectivity index (χ1n) is 5.65. The molecule has 1 aromatic heterocycles. The zero-order chi connectivity index (χ0) is 12.8. The summed E-state index contributed by atoms with van der Waals surface area (Å²) in [7, 11) is 1.62. The minimum Gasteiger partial charge on any atom is -0.496 e. The molecular weight excluding hydrogens is 230 g/mol. The van der Waals surface area contributed by atoms with Crippen molar-refractivity contribution >= 4 is 5.91 Å². The Morgan fingerprint density at radius 3 is 3.00 bits per heavy atom. The Labute approximate surface area is 105 Å². The van der Waals surface area contributed by atoms with Crippen LogP contribution in [0.5, 0.6) is 5.75 Å². The van der Waals surface area contributed by atoms with Crippen LogP contribution in [0.25, 0.3) is 0 Å². The monoisotopic (exact) mass is 245 g/mol. The first kappa shape index (κ1) is 12.2. The van der Waals surface area contributed by atoms with Crippen LogP contribution < -0.4 is 10.1 Å². The number of H-pyrrole nitrogens is 1. The molecule has 0 fully saturated rings. The van der Waals surface area contributed by atoms with Gasteiger partial charge in [-0.05, 0) is 6.07 Å². The summed E-state index contributed by atoms with van der Waals surface area (Å²) in [6, 6.07) is 7.61. The van der Waals surface area contributed by atoms with Gasteiger partial charge in [0.1, 0.15) is 5.75 Å². The van der Waals surface area contributed by atoms with Crippen molar-refractivity contribution in [2.24, 2.45) is 0 Å². The van der Waals surface area contributed by atoms with Crippen LogP contribution in [0.1, 0.15) is 11.3 Å². The Bertz CT molecular complexity index is 509. The van der Waals surface area contributed by atoms with E-state index in [9.17, 15) is 4.79 Å². The van der Waals surface area contributed by atoms with Gasteiger partial charge in [0.2, 0.25) is 5.91 Å². The zero-order valence-corrected chi connectivity index (χ0v) is 10.1. The molecular formula is C13H15N3O2. The molecule has 0 unspecified atom stereocenters. The van der Waals surface area contributed by atoms with E-state index in [1.54, 1.807) is 19.6 Å². The molecule has 0 atom stereocenters. The van der Waals surface area contributed by atoms with E-state index in [1.165, 1.54) is 0 Å². The molecule has 18 heavy (non-hydrogen) atoms. The number of imidazole rings is 1. The van der Waals surface area contributed by atoms with E-state index in [0.717, 1.165) is 17.0 Å². The van der Waals surface area contributed by atoms with Crippen molar-refractivity contribution in [2.75, 3.05) is 7.11 Å². The molecule has 0 saturated carbocycles. The summed E-state index contributed by atoms with van der Waals surface area (Å²) in [5.74, 6) is 0.726. The molecule has 0 radical (unpaired) electrons. The number of ether oxygens (including phenoxy) is 1. The molecule has 0 aliphatic heterocycles. The predicted molar refractivity (Wildman–Crippen MR) is 67.1 cm³/mol. The van der Waals surface area contributed by atoms with Gasteiger partial charge in [0.15, 0.2) is 0 Å². The summed E-state index contributed by atoms with van der Waals surface area (Å²) >= 11 is 0. The second kappa shape index (κ2) is 5.86. The lowest BCUT2D eigenvalue weighted by molar-refractivity contribution is -0.120. The van der Waals surface area contributed by atoms with Crippen molar-refractivity contribution in [1.29, 1.82) is 0 Å². The van der Waals surface area contributed by atoms with Crippen molar-refractivity contribution in [1.82, 2.24) is 15.3 Å². The molecule has 1 amide bonds. The molecule has 5 heteroatoms. The number of rotatable bonds is 5. The van der Waals surface area contributed by atoms with Crippen molar-refractivity contribution in [3.63, 3.8) is 0 Å². The molecule has 0 spiro atoms. The fourth-order valence-electron chi connectivity index (χ4n) is 1.66. The van der Waals surface area contributed by atoms with Crippen LogP contribution in [0.2, 0.25) is 0 Å². The van der Waals surface area contributed by atoms with E-state index >= 15 is 0 Å². The molecule has 0 aliphatic rings. The topological polar surface area (TPSA) is 67.0 Å². The highest BCUT2D eigenvalue weighted by Crippen LogP contribution is 2.16. The molecule has 0 aliphatic carbocycles. The van der Waals surface area contributed by atoms with E-state index in [2.05, 4.69) is 15.3 Å². The smallest absolute Gasteiger partial charge is 0.226 e. The molecule has 5 nitrogen and oxygen atoms in total. The molecule has 2 rings (SSSR count). The maximum absolute atomic E-state index is 11.7. The summed E-state index contributed by atoms with van der Waals surface area (Å²) in [5, 5.41) is 2.85. The lowest BCUT2D eigenvalue weighted by atomic mass is 10.2. The van der Waals surface area contributed by atoms with Crippen LogP contribution in [0.3, 0.4) is 0 Å². The van der Waals surface area contributed by atoms with Crippen LogP contribution in [-0.2, 0) is 17.8 Å². The molecule has 94 valence electrons. The third-order valence-corrected chi connectivity index (χ3v) is 2.57. The number of nitrogens with one attached hydrogen (secondary N) is 2. The lowest BCUT2D eigenvalue weighted by Gasteiger charge is -2.09. The second-order valence-electron chi connectivity index (χ2n) is 3.84. The normalized spacial score (nSPS) is 10.1. The molecule has 0 bridgehead atoms. The lowest BCUT2D eigenvalue weighted by Crippen LogP contribution is -2.24. The maximum Gasteiger partial charge on any atom is 0.226 e. The van der Waals surface area contributed by atoms with Gasteiger partial charge in [-0.2, -0.15) is 0 Å². The van der Waals surface area contributed by atoms with E-state index < -0.39 is 0 Å². The number of nitrogens with zero attached hydrogens (tertiary/aromatic N) is 1. The number of benzene rings is 1. The van der Waals surface area contributed by atoms with Crippen molar-refractivity contribution in [3.8, 4) is 5.75 Å². The second-order valence-corrected chi connectivity index (χ2v) is 3.84. The standard InChI is InChI=1S/C13H15N3O2/c1-18-12-5-3-2-4-10(12)7-15-13(17)6-11-8-14-9-16-11/h2-5,8-9H,6-7H2,1H3,(H,14,16)(H,15,17). The van der Waals surface area contributed by atoms with E-state index in [0.29, 0.717) is 13.0 Å². The van der Waals surface area contributed by atoms with E-state index in [4.69, 9.17) is 4.74 Å². The fourth-order valence-corrected chi connectivity index (χ4v) is 1.66. The molecule has 2 aromatic rings. The van der Waals surface area contributed by atoms with Gasteiger partial charge < -0.3 is 15.0 Å². The summed E-state index contributed by atoms with van der Waals surface area (Å²) in [6.07, 6.45) is 3.50. The molecule has 1 heterocycles. The molecule has 1 aromatic carbocycles. The maximum atomic E-state index is 11.7. The van der Waals surface area contributed by atoms with Crippen LogP contribution in [0, 0.1) is 0 Å². The van der Waals surface area contributed by atoms with Gasteiger partial charge in [-0.15, -0.1) is 0 Å². The summed E-state index contributed by atoms with van der Waals surface area (Å²) < 4.78 is 5.22. The first-order chi connectivity index (χ1) is 8.79. The zero-order valence-electron chi connectivity index (χ0n) is 10.1. The number of carbonyl (C=O) groups excluding carboxylic acids is 1. The van der Waals surface area contributed by atoms with Gasteiger partial charge in [-0.25, -0.2) is 4.98 Å². The fraction of sp³-hybridized carbons (Fsp3) is 0.231. The summed E-state index contributed by atoms with van der Waals surface area (Å²) in [4.78, 5) is 18.4. The Morgan fingerprint density at radius 1 is 1.44 bits per heavy atom. The van der Waals surface area contributed by atoms with E-state index in [-0.39, 0.29) is 5.91 Å². The van der Waals surface area contributed by atoms with Crippen LogP contribution in [0.15, 0.2) is 36.8 Å². The number of aromatic nitrogens is 2. The molecule has 0 saturated heterocycles. The highest BCUT2D eigenvalue weighted by atomic mass is 16.5. The van der Waals surface area contributed by atoms with E-state index in [1.807, 2.05) is 24.3 Å². The van der Waals surface area contributed by atoms with Crippen LogP contribution in [0.4, 0.5) is 0 Å². The van der Waals surface area contributed by atoms with Crippen LogP contribution in [-0.4, -0.2) is 23.0 Å². The number of hydrogen-bond acceptors (Lipinski definition) is 3. The highest BCUT2D eigenvalue weighted by Gasteiger charge is 2.06. The Hall–Kier alpha value is -2.30. The average molecular weight is 245 g/mol. The van der Waals surface area contributed by atoms with Gasteiger partial charge >= 0.3 is 0 Å².